The number of nitrogens with one attached hydrogen (secondary N) is 1. The van der Waals surface area contributed by atoms with E-state index in [0.717, 1.165) is 18.5 Å². The Labute approximate surface area is 133 Å². The van der Waals surface area contributed by atoms with Crippen LogP contribution < -0.4 is 5.32 Å². The lowest BCUT2D eigenvalue weighted by Gasteiger charge is -2.25. The van der Waals surface area contributed by atoms with Crippen molar-refractivity contribution in [1.82, 2.24) is 10.2 Å². The van der Waals surface area contributed by atoms with Crippen molar-refractivity contribution in [3.63, 3.8) is 0 Å². The van der Waals surface area contributed by atoms with Gasteiger partial charge in [0.25, 0.3) is 5.91 Å². The Morgan fingerprint density at radius 1 is 1.23 bits per heavy atom. The molecule has 1 saturated heterocycles. The average molecular weight is 314 g/mol. The van der Waals surface area contributed by atoms with Gasteiger partial charge in [0.1, 0.15) is 0 Å². The first-order chi connectivity index (χ1) is 10.7. The summed E-state index contributed by atoms with van der Waals surface area (Å²) in [4.78, 5) is 26.7. The number of hydrogen-bond donors (Lipinski definition) is 1. The molecule has 0 spiro atoms. The molecule has 2 heterocycles. The highest BCUT2D eigenvalue weighted by molar-refractivity contribution is 7.12. The minimum atomic E-state index is -0.183. The summed E-state index contributed by atoms with van der Waals surface area (Å²) < 4.78 is 0. The summed E-state index contributed by atoms with van der Waals surface area (Å²) in [6, 6.07) is 13.3. The van der Waals surface area contributed by atoms with Gasteiger partial charge < -0.3 is 10.2 Å². The van der Waals surface area contributed by atoms with Crippen molar-refractivity contribution in [2.75, 3.05) is 13.1 Å². The number of thiophene rings is 1. The third-order valence-electron chi connectivity index (χ3n) is 3.83. The van der Waals surface area contributed by atoms with E-state index in [2.05, 4.69) is 5.32 Å². The van der Waals surface area contributed by atoms with E-state index >= 15 is 0 Å². The van der Waals surface area contributed by atoms with Crippen molar-refractivity contribution in [2.24, 2.45) is 0 Å². The number of rotatable bonds is 5. The molecule has 1 aromatic heterocycles. The number of nitrogens with zero attached hydrogens (tertiary/aromatic N) is 1. The van der Waals surface area contributed by atoms with Crippen LogP contribution in [0.3, 0.4) is 0 Å². The molecule has 1 N–H and O–H groups in total. The summed E-state index contributed by atoms with van der Waals surface area (Å²) in [5.74, 6) is 0.0850. The molecule has 1 atom stereocenters. The van der Waals surface area contributed by atoms with Crippen molar-refractivity contribution in [2.45, 2.75) is 18.9 Å². The van der Waals surface area contributed by atoms with Crippen molar-refractivity contribution in [3.05, 3.63) is 58.3 Å². The van der Waals surface area contributed by atoms with Gasteiger partial charge in [-0.1, -0.05) is 36.4 Å². The Morgan fingerprint density at radius 2 is 2.05 bits per heavy atom. The average Bonchev–Trinajstić information content (AvgIpc) is 3.20. The van der Waals surface area contributed by atoms with Crippen molar-refractivity contribution in [1.29, 1.82) is 0 Å². The molecule has 2 aromatic rings. The first kappa shape index (κ1) is 14.8. The minimum Gasteiger partial charge on any atom is -0.343 e. The summed E-state index contributed by atoms with van der Waals surface area (Å²) in [5, 5.41) is 4.95. The molecule has 0 bridgehead atoms. The Hall–Kier alpha value is -2.14. The number of amides is 2. The molecule has 1 aromatic carbocycles. The molecule has 3 rings (SSSR count). The van der Waals surface area contributed by atoms with Gasteiger partial charge in [0.2, 0.25) is 5.91 Å². The number of hydrogen-bond acceptors (Lipinski definition) is 3. The Balaban J connectivity index is 1.77. The SMILES string of the molecule is O=C(N[C@H](CN1CCCC1=O)c1ccccc1)c1cccs1. The molecule has 0 unspecified atom stereocenters. The summed E-state index contributed by atoms with van der Waals surface area (Å²) in [7, 11) is 0. The minimum absolute atomic E-state index is 0.0875. The summed E-state index contributed by atoms with van der Waals surface area (Å²) in [6.45, 7) is 1.30. The number of carbonyl (C=O) groups excluding carboxylic acids is 2. The summed E-state index contributed by atoms with van der Waals surface area (Å²) in [6.07, 6.45) is 1.51. The molecule has 114 valence electrons. The predicted octanol–water partition coefficient (Wildman–Crippen LogP) is 2.84. The summed E-state index contributed by atoms with van der Waals surface area (Å²) >= 11 is 1.42. The van der Waals surface area contributed by atoms with E-state index in [4.69, 9.17) is 0 Å². The highest BCUT2D eigenvalue weighted by atomic mass is 32.1. The van der Waals surface area contributed by atoms with Gasteiger partial charge in [-0.3, -0.25) is 9.59 Å². The molecule has 1 aliphatic heterocycles. The highest BCUT2D eigenvalue weighted by Gasteiger charge is 2.25. The van der Waals surface area contributed by atoms with E-state index in [9.17, 15) is 9.59 Å². The van der Waals surface area contributed by atoms with Crippen LogP contribution in [0.25, 0.3) is 0 Å². The zero-order chi connectivity index (χ0) is 15.4. The fraction of sp³-hybridized carbons (Fsp3) is 0.294. The van der Waals surface area contributed by atoms with Crippen LogP contribution in [-0.2, 0) is 4.79 Å². The van der Waals surface area contributed by atoms with Crippen LogP contribution in [0.5, 0.6) is 0 Å². The van der Waals surface area contributed by atoms with E-state index in [0.29, 0.717) is 17.8 Å². The van der Waals surface area contributed by atoms with Crippen molar-refractivity contribution < 1.29 is 9.59 Å². The molecule has 2 amide bonds. The second-order valence-corrected chi connectivity index (χ2v) is 6.31. The van der Waals surface area contributed by atoms with E-state index in [-0.39, 0.29) is 17.9 Å². The van der Waals surface area contributed by atoms with Crippen LogP contribution in [0.15, 0.2) is 47.8 Å². The largest absolute Gasteiger partial charge is 0.343 e. The van der Waals surface area contributed by atoms with Crippen LogP contribution in [0.4, 0.5) is 0 Å². The van der Waals surface area contributed by atoms with E-state index in [1.54, 1.807) is 0 Å². The standard InChI is InChI=1S/C17H18N2O2S/c20-16-9-4-10-19(16)12-14(13-6-2-1-3-7-13)18-17(21)15-8-5-11-22-15/h1-3,5-8,11,14H,4,9-10,12H2,(H,18,21)/t14-/m1/s1. The smallest absolute Gasteiger partial charge is 0.261 e. The van der Waals surface area contributed by atoms with Gasteiger partial charge in [0, 0.05) is 19.5 Å². The second kappa shape index (κ2) is 6.75. The van der Waals surface area contributed by atoms with Crippen LogP contribution >= 0.6 is 11.3 Å². The maximum atomic E-state index is 12.3. The molecule has 22 heavy (non-hydrogen) atoms. The Kier molecular flexibility index (Phi) is 4.53. The molecule has 5 heteroatoms. The van der Waals surface area contributed by atoms with E-state index in [1.165, 1.54) is 11.3 Å². The molecule has 0 radical (unpaired) electrons. The normalized spacial score (nSPS) is 15.8. The molecular weight excluding hydrogens is 296 g/mol. The van der Waals surface area contributed by atoms with Crippen molar-refractivity contribution >= 4 is 23.2 Å². The first-order valence-corrected chi connectivity index (χ1v) is 8.29. The maximum absolute atomic E-state index is 12.3. The predicted molar refractivity (Wildman–Crippen MR) is 86.8 cm³/mol. The van der Waals surface area contributed by atoms with Crippen molar-refractivity contribution in [3.8, 4) is 0 Å². The lowest BCUT2D eigenvalue weighted by Crippen LogP contribution is -2.38. The topological polar surface area (TPSA) is 49.4 Å². The maximum Gasteiger partial charge on any atom is 0.261 e. The zero-order valence-corrected chi connectivity index (χ0v) is 13.0. The second-order valence-electron chi connectivity index (χ2n) is 5.36. The molecule has 0 aliphatic carbocycles. The lowest BCUT2D eigenvalue weighted by molar-refractivity contribution is -0.128. The van der Waals surface area contributed by atoms with E-state index < -0.39 is 0 Å². The summed E-state index contributed by atoms with van der Waals surface area (Å²) in [5.41, 5.74) is 1.02. The van der Waals surface area contributed by atoms with Gasteiger partial charge in [0.15, 0.2) is 0 Å². The zero-order valence-electron chi connectivity index (χ0n) is 12.2. The molecule has 1 fully saturated rings. The molecular formula is C17H18N2O2S. The van der Waals surface area contributed by atoms with Gasteiger partial charge in [-0.2, -0.15) is 0 Å². The van der Waals surface area contributed by atoms with Gasteiger partial charge in [0.05, 0.1) is 10.9 Å². The molecule has 0 saturated carbocycles. The quantitative estimate of drug-likeness (QED) is 0.922. The van der Waals surface area contributed by atoms with Gasteiger partial charge in [-0.25, -0.2) is 0 Å². The van der Waals surface area contributed by atoms with Crippen LogP contribution in [0, 0.1) is 0 Å². The third kappa shape index (κ3) is 3.36. The Bertz CT molecular complexity index is 640. The Morgan fingerprint density at radius 3 is 2.68 bits per heavy atom. The third-order valence-corrected chi connectivity index (χ3v) is 4.70. The molecule has 1 aliphatic rings. The fourth-order valence-corrected chi connectivity index (χ4v) is 3.30. The van der Waals surface area contributed by atoms with Gasteiger partial charge in [-0.05, 0) is 23.4 Å². The first-order valence-electron chi connectivity index (χ1n) is 7.41. The highest BCUT2D eigenvalue weighted by Crippen LogP contribution is 2.20. The van der Waals surface area contributed by atoms with Gasteiger partial charge in [-0.15, -0.1) is 11.3 Å². The number of carbonyl (C=O) groups is 2. The van der Waals surface area contributed by atoms with E-state index in [1.807, 2.05) is 52.7 Å². The molecule has 4 nitrogen and oxygen atoms in total. The monoisotopic (exact) mass is 314 g/mol. The van der Waals surface area contributed by atoms with Crippen LogP contribution in [0.1, 0.15) is 34.1 Å². The van der Waals surface area contributed by atoms with Crippen LogP contribution in [-0.4, -0.2) is 29.8 Å². The lowest BCUT2D eigenvalue weighted by atomic mass is 10.1. The van der Waals surface area contributed by atoms with Crippen LogP contribution in [0.2, 0.25) is 0 Å². The fourth-order valence-electron chi connectivity index (χ4n) is 2.67. The number of benzene rings is 1. The number of likely N-dealkylation sites (tertiary alicyclic amines) is 1. The van der Waals surface area contributed by atoms with Gasteiger partial charge >= 0.3 is 0 Å².